The molecule has 0 aromatic heterocycles. The molecule has 1 fully saturated rings. The molecule has 1 aliphatic heterocycles. The molecule has 0 unspecified atom stereocenters. The van der Waals surface area contributed by atoms with Crippen molar-refractivity contribution in [1.82, 2.24) is 10.2 Å². The van der Waals surface area contributed by atoms with Crippen LogP contribution in [0.3, 0.4) is 0 Å². The van der Waals surface area contributed by atoms with Gasteiger partial charge in [0.2, 0.25) is 5.91 Å². The number of carbonyl (C=O) groups is 1. The second kappa shape index (κ2) is 5.50. The van der Waals surface area contributed by atoms with E-state index in [1.165, 1.54) is 0 Å². The van der Waals surface area contributed by atoms with Crippen LogP contribution in [0.15, 0.2) is 0 Å². The first-order valence-corrected chi connectivity index (χ1v) is 6.18. The quantitative estimate of drug-likeness (QED) is 0.753. The van der Waals surface area contributed by atoms with Gasteiger partial charge in [-0.2, -0.15) is 0 Å². The highest BCUT2D eigenvalue weighted by Gasteiger charge is 2.38. The molecule has 1 aliphatic rings. The van der Waals surface area contributed by atoms with E-state index in [0.29, 0.717) is 5.91 Å². The smallest absolute Gasteiger partial charge is 0.242 e. The lowest BCUT2D eigenvalue weighted by Crippen LogP contribution is -2.53. The van der Waals surface area contributed by atoms with Crippen LogP contribution < -0.4 is 5.32 Å². The molecule has 0 aliphatic carbocycles. The number of hydrogen-bond donors (Lipinski definition) is 1. The summed E-state index contributed by atoms with van der Waals surface area (Å²) in [6.45, 7) is 9.06. The van der Waals surface area contributed by atoms with Crippen molar-refractivity contribution in [2.45, 2.75) is 52.0 Å². The molecule has 15 heavy (non-hydrogen) atoms. The molecule has 1 atom stereocenters. The summed E-state index contributed by atoms with van der Waals surface area (Å²) in [5.74, 6) is 0.295. The Morgan fingerprint density at radius 1 is 1.33 bits per heavy atom. The Hall–Kier alpha value is -0.570. The Balaban J connectivity index is 2.61. The third-order valence-corrected chi connectivity index (χ3v) is 3.12. The van der Waals surface area contributed by atoms with Crippen LogP contribution >= 0.6 is 0 Å². The molecule has 3 heteroatoms. The van der Waals surface area contributed by atoms with Gasteiger partial charge in [-0.05, 0) is 39.2 Å². The van der Waals surface area contributed by atoms with Crippen molar-refractivity contribution in [2.24, 2.45) is 0 Å². The number of nitrogens with one attached hydrogen (secondary N) is 1. The van der Waals surface area contributed by atoms with E-state index in [-0.39, 0.29) is 5.54 Å². The predicted octanol–water partition coefficient (Wildman–Crippen LogP) is 1.78. The van der Waals surface area contributed by atoms with E-state index >= 15 is 0 Å². The molecular weight excluding hydrogens is 188 g/mol. The van der Waals surface area contributed by atoms with E-state index in [4.69, 9.17) is 0 Å². The fourth-order valence-electron chi connectivity index (χ4n) is 2.28. The summed E-state index contributed by atoms with van der Waals surface area (Å²) in [6, 6.07) is 0. The average molecular weight is 212 g/mol. The normalized spacial score (nSPS) is 25.5. The van der Waals surface area contributed by atoms with E-state index < -0.39 is 0 Å². The van der Waals surface area contributed by atoms with Crippen LogP contribution in [0.5, 0.6) is 0 Å². The van der Waals surface area contributed by atoms with E-state index in [2.05, 4.69) is 19.2 Å². The van der Waals surface area contributed by atoms with Crippen LogP contribution in [0, 0.1) is 0 Å². The summed E-state index contributed by atoms with van der Waals surface area (Å²) >= 11 is 0. The van der Waals surface area contributed by atoms with Gasteiger partial charge in [0.05, 0.1) is 5.54 Å². The Kier molecular flexibility index (Phi) is 4.58. The Morgan fingerprint density at radius 3 is 2.33 bits per heavy atom. The van der Waals surface area contributed by atoms with Gasteiger partial charge in [-0.1, -0.05) is 13.8 Å². The molecule has 1 N–H and O–H groups in total. The van der Waals surface area contributed by atoms with Gasteiger partial charge in [0.15, 0.2) is 0 Å². The molecule has 0 saturated carbocycles. The highest BCUT2D eigenvalue weighted by atomic mass is 16.2. The molecular formula is C12H24N2O. The minimum atomic E-state index is -0.287. The summed E-state index contributed by atoms with van der Waals surface area (Å²) in [7, 11) is 0. The maximum Gasteiger partial charge on any atom is 0.242 e. The number of nitrogens with zero attached hydrogens (tertiary/aromatic N) is 1. The molecule has 3 nitrogen and oxygen atoms in total. The summed E-state index contributed by atoms with van der Waals surface area (Å²) < 4.78 is 0. The van der Waals surface area contributed by atoms with Crippen LogP contribution in [-0.2, 0) is 4.79 Å². The summed E-state index contributed by atoms with van der Waals surface area (Å²) in [5.41, 5.74) is -0.287. The number of carbonyl (C=O) groups excluding carboxylic acids is 1. The summed E-state index contributed by atoms with van der Waals surface area (Å²) in [4.78, 5) is 14.3. The highest BCUT2D eigenvalue weighted by Crippen LogP contribution is 2.21. The van der Waals surface area contributed by atoms with Gasteiger partial charge >= 0.3 is 0 Å². The molecule has 0 aromatic rings. The molecule has 88 valence electrons. The van der Waals surface area contributed by atoms with Crippen LogP contribution in [0.25, 0.3) is 0 Å². The van der Waals surface area contributed by atoms with Crippen molar-refractivity contribution >= 4 is 5.91 Å². The summed E-state index contributed by atoms with van der Waals surface area (Å²) in [5, 5.41) is 3.34. The monoisotopic (exact) mass is 212 g/mol. The topological polar surface area (TPSA) is 32.3 Å². The lowest BCUT2D eigenvalue weighted by atomic mass is 9.98. The first-order valence-electron chi connectivity index (χ1n) is 6.18. The van der Waals surface area contributed by atoms with Crippen LogP contribution in [0.2, 0.25) is 0 Å². The van der Waals surface area contributed by atoms with Crippen molar-refractivity contribution in [2.75, 3.05) is 19.6 Å². The van der Waals surface area contributed by atoms with Crippen molar-refractivity contribution in [3.8, 4) is 0 Å². The van der Waals surface area contributed by atoms with Crippen LogP contribution in [0.4, 0.5) is 0 Å². The molecule has 0 spiro atoms. The molecule has 0 radical (unpaired) electrons. The first kappa shape index (κ1) is 12.5. The average Bonchev–Trinajstić information content (AvgIpc) is 2.65. The molecule has 1 amide bonds. The van der Waals surface area contributed by atoms with Gasteiger partial charge < -0.3 is 10.2 Å². The van der Waals surface area contributed by atoms with Gasteiger partial charge in [0.25, 0.3) is 0 Å². The molecule has 0 bridgehead atoms. The zero-order chi connectivity index (χ0) is 11.3. The van der Waals surface area contributed by atoms with Gasteiger partial charge in [0, 0.05) is 13.1 Å². The van der Waals surface area contributed by atoms with E-state index in [1.54, 1.807) is 0 Å². The van der Waals surface area contributed by atoms with Crippen molar-refractivity contribution in [3.63, 3.8) is 0 Å². The highest BCUT2D eigenvalue weighted by molar-refractivity contribution is 5.86. The van der Waals surface area contributed by atoms with Gasteiger partial charge in [-0.25, -0.2) is 0 Å². The minimum absolute atomic E-state index is 0.287. The van der Waals surface area contributed by atoms with E-state index in [9.17, 15) is 4.79 Å². The van der Waals surface area contributed by atoms with E-state index in [0.717, 1.165) is 45.3 Å². The van der Waals surface area contributed by atoms with Gasteiger partial charge in [-0.3, -0.25) is 4.79 Å². The van der Waals surface area contributed by atoms with Gasteiger partial charge in [-0.15, -0.1) is 0 Å². The number of rotatable bonds is 5. The predicted molar refractivity (Wildman–Crippen MR) is 62.8 cm³/mol. The second-order valence-electron chi connectivity index (χ2n) is 4.65. The van der Waals surface area contributed by atoms with Crippen molar-refractivity contribution in [3.05, 3.63) is 0 Å². The Bertz CT molecular complexity index is 204. The maximum atomic E-state index is 12.3. The maximum absolute atomic E-state index is 12.3. The molecule has 1 rings (SSSR count). The van der Waals surface area contributed by atoms with Gasteiger partial charge in [0.1, 0.15) is 0 Å². The summed E-state index contributed by atoms with van der Waals surface area (Å²) in [6.07, 6.45) is 4.19. The zero-order valence-electron chi connectivity index (χ0n) is 10.3. The third kappa shape index (κ3) is 2.94. The first-order chi connectivity index (χ1) is 7.14. The lowest BCUT2D eigenvalue weighted by molar-refractivity contribution is -0.137. The van der Waals surface area contributed by atoms with Crippen molar-refractivity contribution in [1.29, 1.82) is 0 Å². The SMILES string of the molecule is CCCN(CCC)C(=O)[C@@]1(C)CCCN1. The Labute approximate surface area is 93.2 Å². The molecule has 1 saturated heterocycles. The van der Waals surface area contributed by atoms with Crippen LogP contribution in [0.1, 0.15) is 46.5 Å². The van der Waals surface area contributed by atoms with Crippen LogP contribution in [-0.4, -0.2) is 36.0 Å². The lowest BCUT2D eigenvalue weighted by Gasteiger charge is -2.31. The Morgan fingerprint density at radius 2 is 1.93 bits per heavy atom. The molecule has 0 aromatic carbocycles. The third-order valence-electron chi connectivity index (χ3n) is 3.12. The number of hydrogen-bond acceptors (Lipinski definition) is 2. The standard InChI is InChI=1S/C12H24N2O/c1-4-9-14(10-5-2)11(15)12(3)7-6-8-13-12/h13H,4-10H2,1-3H3/t12-/m1/s1. The number of amides is 1. The molecule has 1 heterocycles. The van der Waals surface area contributed by atoms with E-state index in [1.807, 2.05) is 11.8 Å². The largest absolute Gasteiger partial charge is 0.341 e. The zero-order valence-corrected chi connectivity index (χ0v) is 10.3. The minimum Gasteiger partial charge on any atom is -0.341 e. The van der Waals surface area contributed by atoms with Crippen molar-refractivity contribution < 1.29 is 4.79 Å². The fourth-order valence-corrected chi connectivity index (χ4v) is 2.28. The fraction of sp³-hybridized carbons (Fsp3) is 0.917. The second-order valence-corrected chi connectivity index (χ2v) is 4.65.